The van der Waals surface area contributed by atoms with Gasteiger partial charge in [0.1, 0.15) is 0 Å². The van der Waals surface area contributed by atoms with E-state index in [4.69, 9.17) is 16.3 Å². The Morgan fingerprint density at radius 3 is 2.41 bits per heavy atom. The van der Waals surface area contributed by atoms with E-state index in [0.29, 0.717) is 41.8 Å². The summed E-state index contributed by atoms with van der Waals surface area (Å²) in [7, 11) is 0. The van der Waals surface area contributed by atoms with E-state index in [9.17, 15) is 14.4 Å². The second-order valence-electron chi connectivity index (χ2n) is 7.50. The molecule has 10 heteroatoms. The smallest absolute Gasteiger partial charge is 0.238 e. The van der Waals surface area contributed by atoms with Crippen molar-refractivity contribution >= 4 is 58.1 Å². The van der Waals surface area contributed by atoms with Crippen LogP contribution in [0.15, 0.2) is 47.4 Å². The molecule has 3 N–H and O–H groups in total. The summed E-state index contributed by atoms with van der Waals surface area (Å²) in [6.07, 6.45) is 0.0383. The van der Waals surface area contributed by atoms with Gasteiger partial charge in [0.05, 0.1) is 30.7 Å². The topological polar surface area (TPSA) is 99.8 Å². The van der Waals surface area contributed by atoms with E-state index in [0.717, 1.165) is 18.0 Å². The van der Waals surface area contributed by atoms with Crippen molar-refractivity contribution in [3.63, 3.8) is 0 Å². The van der Waals surface area contributed by atoms with Gasteiger partial charge in [-0.3, -0.25) is 19.3 Å². The molecule has 2 heterocycles. The van der Waals surface area contributed by atoms with Crippen molar-refractivity contribution in [3.8, 4) is 0 Å². The molecule has 0 aliphatic carbocycles. The van der Waals surface area contributed by atoms with Gasteiger partial charge in [-0.15, -0.1) is 11.8 Å². The lowest BCUT2D eigenvalue weighted by Gasteiger charge is -2.25. The van der Waals surface area contributed by atoms with Crippen LogP contribution in [0.25, 0.3) is 0 Å². The molecule has 1 saturated heterocycles. The Kier molecular flexibility index (Phi) is 7.31. The van der Waals surface area contributed by atoms with Crippen molar-refractivity contribution in [1.29, 1.82) is 0 Å². The number of ether oxygens (including phenoxy) is 1. The molecule has 32 heavy (non-hydrogen) atoms. The van der Waals surface area contributed by atoms with Crippen LogP contribution in [-0.2, 0) is 19.1 Å². The fraction of sp³-hybridized carbons (Fsp3) is 0.318. The fourth-order valence-corrected chi connectivity index (χ4v) is 4.70. The molecule has 8 nitrogen and oxygen atoms in total. The van der Waals surface area contributed by atoms with Crippen LogP contribution in [0.1, 0.15) is 6.42 Å². The third-order valence-electron chi connectivity index (χ3n) is 5.06. The third-order valence-corrected chi connectivity index (χ3v) is 6.57. The van der Waals surface area contributed by atoms with E-state index in [2.05, 4.69) is 16.0 Å². The minimum atomic E-state index is -0.526. The Hall–Kier alpha value is -2.59. The molecular formula is C22H23ClN4O4S. The molecule has 2 aliphatic heterocycles. The predicted octanol–water partition coefficient (Wildman–Crippen LogP) is 3.05. The lowest BCUT2D eigenvalue weighted by molar-refractivity contribution is -0.120. The van der Waals surface area contributed by atoms with Crippen molar-refractivity contribution < 1.29 is 19.1 Å². The molecule has 3 amide bonds. The number of benzene rings is 2. The van der Waals surface area contributed by atoms with Gasteiger partial charge in [0.25, 0.3) is 0 Å². The molecule has 2 aliphatic rings. The first-order valence-corrected chi connectivity index (χ1v) is 11.5. The first kappa shape index (κ1) is 22.6. The molecule has 168 valence electrons. The van der Waals surface area contributed by atoms with Gasteiger partial charge in [-0.25, -0.2) is 0 Å². The Morgan fingerprint density at radius 2 is 1.72 bits per heavy atom. The molecule has 0 radical (unpaired) electrons. The summed E-state index contributed by atoms with van der Waals surface area (Å²) in [6, 6.07) is 12.2. The minimum absolute atomic E-state index is 0.0383. The first-order valence-electron chi connectivity index (χ1n) is 10.2. The molecule has 0 aromatic heterocycles. The van der Waals surface area contributed by atoms with Gasteiger partial charge < -0.3 is 20.7 Å². The molecule has 4 rings (SSSR count). The molecule has 2 aromatic rings. The predicted molar refractivity (Wildman–Crippen MR) is 125 cm³/mol. The zero-order valence-electron chi connectivity index (χ0n) is 17.2. The molecular weight excluding hydrogens is 452 g/mol. The van der Waals surface area contributed by atoms with Gasteiger partial charge in [-0.1, -0.05) is 11.6 Å². The number of fused-ring (bicyclic) bond motifs is 1. The van der Waals surface area contributed by atoms with E-state index in [1.54, 1.807) is 36.4 Å². The second kappa shape index (κ2) is 10.4. The molecule has 0 bridgehead atoms. The number of amides is 3. The number of hydrogen-bond donors (Lipinski definition) is 3. The summed E-state index contributed by atoms with van der Waals surface area (Å²) < 4.78 is 5.28. The largest absolute Gasteiger partial charge is 0.379 e. The normalized spacial score (nSPS) is 18.4. The maximum absolute atomic E-state index is 12.5. The maximum Gasteiger partial charge on any atom is 0.238 e. The van der Waals surface area contributed by atoms with Gasteiger partial charge >= 0.3 is 0 Å². The van der Waals surface area contributed by atoms with Crippen molar-refractivity contribution in [2.24, 2.45) is 0 Å². The number of halogens is 1. The lowest BCUT2D eigenvalue weighted by Crippen LogP contribution is -2.41. The van der Waals surface area contributed by atoms with Crippen LogP contribution in [-0.4, -0.2) is 60.7 Å². The van der Waals surface area contributed by atoms with Gasteiger partial charge in [0.2, 0.25) is 17.7 Å². The molecule has 0 spiro atoms. The van der Waals surface area contributed by atoms with Crippen molar-refractivity contribution in [2.75, 3.05) is 48.8 Å². The number of rotatable bonds is 6. The van der Waals surface area contributed by atoms with Crippen LogP contribution in [0.4, 0.5) is 17.1 Å². The van der Waals surface area contributed by atoms with Crippen LogP contribution in [0.5, 0.6) is 0 Å². The summed E-state index contributed by atoms with van der Waals surface area (Å²) >= 11 is 7.31. The summed E-state index contributed by atoms with van der Waals surface area (Å²) in [6.45, 7) is 3.09. The molecule has 1 atom stereocenters. The van der Waals surface area contributed by atoms with Crippen molar-refractivity contribution in [3.05, 3.63) is 47.5 Å². The Morgan fingerprint density at radius 1 is 1.06 bits per heavy atom. The minimum Gasteiger partial charge on any atom is -0.379 e. The van der Waals surface area contributed by atoms with Crippen molar-refractivity contribution in [2.45, 2.75) is 16.6 Å². The van der Waals surface area contributed by atoms with E-state index < -0.39 is 5.25 Å². The number of thioether (sulfide) groups is 1. The highest BCUT2D eigenvalue weighted by Crippen LogP contribution is 2.38. The number of nitrogens with zero attached hydrogens (tertiary/aromatic N) is 1. The first-order chi connectivity index (χ1) is 15.5. The zero-order valence-corrected chi connectivity index (χ0v) is 18.8. The highest BCUT2D eigenvalue weighted by molar-refractivity contribution is 8.01. The Labute approximate surface area is 195 Å². The second-order valence-corrected chi connectivity index (χ2v) is 9.18. The van der Waals surface area contributed by atoms with Crippen LogP contribution < -0.4 is 16.0 Å². The molecule has 1 unspecified atom stereocenters. The van der Waals surface area contributed by atoms with Crippen LogP contribution in [0.3, 0.4) is 0 Å². The van der Waals surface area contributed by atoms with Crippen LogP contribution >= 0.6 is 23.4 Å². The summed E-state index contributed by atoms with van der Waals surface area (Å²) in [5, 5.41) is 8.47. The highest BCUT2D eigenvalue weighted by atomic mass is 35.5. The van der Waals surface area contributed by atoms with E-state index in [1.807, 2.05) is 11.0 Å². The lowest BCUT2D eigenvalue weighted by atomic mass is 10.2. The van der Waals surface area contributed by atoms with Gasteiger partial charge in [0, 0.05) is 40.8 Å². The number of morpholine rings is 1. The third kappa shape index (κ3) is 6.01. The van der Waals surface area contributed by atoms with Gasteiger partial charge in [-0.05, 0) is 42.5 Å². The van der Waals surface area contributed by atoms with E-state index in [1.165, 1.54) is 11.8 Å². The van der Waals surface area contributed by atoms with Gasteiger partial charge in [-0.2, -0.15) is 0 Å². The number of nitrogens with one attached hydrogen (secondary N) is 3. The maximum atomic E-state index is 12.5. The monoisotopic (exact) mass is 474 g/mol. The quantitative estimate of drug-likeness (QED) is 0.595. The van der Waals surface area contributed by atoms with Gasteiger partial charge in [0.15, 0.2) is 0 Å². The van der Waals surface area contributed by atoms with E-state index in [-0.39, 0.29) is 24.1 Å². The average Bonchev–Trinajstić information content (AvgIpc) is 2.76. The van der Waals surface area contributed by atoms with Crippen molar-refractivity contribution in [1.82, 2.24) is 4.90 Å². The number of carbonyl (C=O) groups excluding carboxylic acids is 3. The molecule has 0 saturated carbocycles. The standard InChI is InChI=1S/C22H23ClN4O4S/c23-14-1-6-18-17(11-14)26-22(30)19(32-18)12-20(28)24-15-2-4-16(5-3-15)25-21(29)13-27-7-9-31-10-8-27/h1-6,11,19H,7-10,12-13H2,(H,24,28)(H,25,29)(H,26,30). The Bertz CT molecular complexity index is 1010. The Balaban J connectivity index is 1.27. The van der Waals surface area contributed by atoms with E-state index >= 15 is 0 Å². The fourth-order valence-electron chi connectivity index (χ4n) is 3.44. The van der Waals surface area contributed by atoms with Crippen LogP contribution in [0.2, 0.25) is 5.02 Å². The summed E-state index contributed by atoms with van der Waals surface area (Å²) in [5.74, 6) is -0.581. The molecule has 1 fully saturated rings. The number of anilines is 3. The zero-order chi connectivity index (χ0) is 22.5. The average molecular weight is 475 g/mol. The summed E-state index contributed by atoms with van der Waals surface area (Å²) in [5.41, 5.74) is 1.91. The number of carbonyl (C=O) groups is 3. The highest BCUT2D eigenvalue weighted by Gasteiger charge is 2.29. The number of hydrogen-bond acceptors (Lipinski definition) is 6. The van der Waals surface area contributed by atoms with Crippen LogP contribution in [0, 0.1) is 0 Å². The SMILES string of the molecule is O=C(CC1Sc2ccc(Cl)cc2NC1=O)Nc1ccc(NC(=O)CN2CCOCC2)cc1. The summed E-state index contributed by atoms with van der Waals surface area (Å²) in [4.78, 5) is 39.9. The molecule has 2 aromatic carbocycles.